The van der Waals surface area contributed by atoms with E-state index in [9.17, 15) is 18.0 Å². The smallest absolute Gasteiger partial charge is 0.364 e. The van der Waals surface area contributed by atoms with Crippen molar-refractivity contribution in [1.29, 1.82) is 0 Å². The predicted octanol–water partition coefficient (Wildman–Crippen LogP) is 1.49. The second-order valence-corrected chi connectivity index (χ2v) is 2.94. The molecule has 1 rings (SSSR count). The van der Waals surface area contributed by atoms with E-state index in [-0.39, 0.29) is 10.6 Å². The zero-order chi connectivity index (χ0) is 10.9. The zero-order valence-corrected chi connectivity index (χ0v) is 7.56. The lowest BCUT2D eigenvalue weighted by Gasteiger charge is -2.07. The number of halogens is 3. The lowest BCUT2D eigenvalue weighted by Crippen LogP contribution is -2.15. The molecule has 1 aromatic heterocycles. The van der Waals surface area contributed by atoms with Gasteiger partial charge in [0.2, 0.25) is 0 Å². The minimum Gasteiger partial charge on any atom is -0.364 e. The third-order valence-electron chi connectivity index (χ3n) is 1.43. The number of pyridine rings is 1. The monoisotopic (exact) mass is 222 g/mol. The quantitative estimate of drug-likeness (QED) is 0.707. The number of hydrogen-bond acceptors (Lipinski definition) is 3. The average molecular weight is 222 g/mol. The SMILES string of the molecule is NC(=O)c1ncc(C(F)(F)F)cc1S. The maximum atomic E-state index is 12.1. The van der Waals surface area contributed by atoms with Gasteiger partial charge in [0.05, 0.1) is 5.56 Å². The van der Waals surface area contributed by atoms with Gasteiger partial charge in [-0.3, -0.25) is 4.79 Å². The van der Waals surface area contributed by atoms with Gasteiger partial charge in [0, 0.05) is 11.1 Å². The maximum Gasteiger partial charge on any atom is 0.417 e. The Bertz CT molecular complexity index is 378. The minimum atomic E-state index is -4.50. The van der Waals surface area contributed by atoms with Crippen LogP contribution >= 0.6 is 12.6 Å². The Hall–Kier alpha value is -1.24. The topological polar surface area (TPSA) is 56.0 Å². The van der Waals surface area contributed by atoms with Crippen molar-refractivity contribution in [3.63, 3.8) is 0 Å². The highest BCUT2D eigenvalue weighted by atomic mass is 32.1. The third-order valence-corrected chi connectivity index (χ3v) is 1.77. The van der Waals surface area contributed by atoms with Gasteiger partial charge < -0.3 is 5.73 Å². The Kier molecular flexibility index (Phi) is 2.70. The number of thiol groups is 1. The highest BCUT2D eigenvalue weighted by Gasteiger charge is 2.31. The number of nitrogens with two attached hydrogens (primary N) is 1. The largest absolute Gasteiger partial charge is 0.417 e. The summed E-state index contributed by atoms with van der Waals surface area (Å²) in [5, 5.41) is 0. The molecule has 76 valence electrons. The molecule has 0 saturated carbocycles. The van der Waals surface area contributed by atoms with Crippen molar-refractivity contribution in [3.05, 3.63) is 23.5 Å². The van der Waals surface area contributed by atoms with E-state index >= 15 is 0 Å². The first-order valence-corrected chi connectivity index (χ1v) is 3.83. The molecule has 0 saturated heterocycles. The van der Waals surface area contributed by atoms with Crippen LogP contribution in [-0.2, 0) is 6.18 Å². The van der Waals surface area contributed by atoms with Crippen LogP contribution in [0.15, 0.2) is 17.2 Å². The van der Waals surface area contributed by atoms with Crippen LogP contribution in [0.1, 0.15) is 16.1 Å². The van der Waals surface area contributed by atoms with E-state index in [0.29, 0.717) is 12.3 Å². The summed E-state index contributed by atoms with van der Waals surface area (Å²) < 4.78 is 36.3. The summed E-state index contributed by atoms with van der Waals surface area (Å²) in [4.78, 5) is 13.7. The molecule has 0 radical (unpaired) electrons. The summed E-state index contributed by atoms with van der Waals surface area (Å²) in [6, 6.07) is 0.705. The Morgan fingerprint density at radius 3 is 2.43 bits per heavy atom. The molecule has 0 unspecified atom stereocenters. The van der Waals surface area contributed by atoms with Crippen LogP contribution in [0, 0.1) is 0 Å². The second-order valence-electron chi connectivity index (χ2n) is 2.45. The van der Waals surface area contributed by atoms with Gasteiger partial charge in [-0.15, -0.1) is 12.6 Å². The molecule has 0 aromatic carbocycles. The molecule has 0 atom stereocenters. The summed E-state index contributed by atoms with van der Waals surface area (Å²) in [6.45, 7) is 0. The first-order chi connectivity index (χ1) is 6.32. The van der Waals surface area contributed by atoms with Gasteiger partial charge in [0.1, 0.15) is 5.69 Å². The number of rotatable bonds is 1. The van der Waals surface area contributed by atoms with E-state index in [0.717, 1.165) is 0 Å². The maximum absolute atomic E-state index is 12.1. The lowest BCUT2D eigenvalue weighted by molar-refractivity contribution is -0.138. The van der Waals surface area contributed by atoms with Crippen LogP contribution in [-0.4, -0.2) is 10.9 Å². The first-order valence-electron chi connectivity index (χ1n) is 3.38. The number of nitrogens with zero attached hydrogens (tertiary/aromatic N) is 1. The number of hydrogen-bond donors (Lipinski definition) is 2. The number of primary amides is 1. The van der Waals surface area contributed by atoms with E-state index in [1.165, 1.54) is 0 Å². The fourth-order valence-electron chi connectivity index (χ4n) is 0.798. The van der Waals surface area contributed by atoms with Crippen LogP contribution in [0.2, 0.25) is 0 Å². The normalized spacial score (nSPS) is 11.4. The third kappa shape index (κ3) is 2.16. The number of carbonyl (C=O) groups excluding carboxylic acids is 1. The molecule has 0 aliphatic rings. The van der Waals surface area contributed by atoms with Crippen molar-refractivity contribution < 1.29 is 18.0 Å². The van der Waals surface area contributed by atoms with Crippen LogP contribution in [0.5, 0.6) is 0 Å². The van der Waals surface area contributed by atoms with Crippen molar-refractivity contribution in [2.75, 3.05) is 0 Å². The van der Waals surface area contributed by atoms with Crippen molar-refractivity contribution in [2.24, 2.45) is 5.73 Å². The van der Waals surface area contributed by atoms with E-state index < -0.39 is 17.6 Å². The van der Waals surface area contributed by atoms with Crippen LogP contribution < -0.4 is 5.73 Å². The summed E-state index contributed by atoms with van der Waals surface area (Å²) in [7, 11) is 0. The van der Waals surface area contributed by atoms with Crippen LogP contribution in [0.3, 0.4) is 0 Å². The molecule has 0 aliphatic carbocycles. The molecule has 0 fully saturated rings. The Morgan fingerprint density at radius 1 is 1.50 bits per heavy atom. The predicted molar refractivity (Wildman–Crippen MR) is 45.0 cm³/mol. The van der Waals surface area contributed by atoms with Gasteiger partial charge in [-0.1, -0.05) is 0 Å². The molecule has 1 aromatic rings. The summed E-state index contributed by atoms with van der Waals surface area (Å²) in [5.41, 5.74) is 3.60. The number of amides is 1. The molecular weight excluding hydrogens is 217 g/mol. The molecule has 3 nitrogen and oxygen atoms in total. The number of aromatic nitrogens is 1. The van der Waals surface area contributed by atoms with Gasteiger partial charge in [0.25, 0.3) is 5.91 Å². The molecule has 0 aliphatic heterocycles. The van der Waals surface area contributed by atoms with Gasteiger partial charge in [0.15, 0.2) is 0 Å². The standard InChI is InChI=1S/C7H5F3N2OS/c8-7(9,10)3-1-4(14)5(6(11)13)12-2-3/h1-2,14H,(H2,11,13). The van der Waals surface area contributed by atoms with E-state index in [1.54, 1.807) is 0 Å². The number of alkyl halides is 3. The van der Waals surface area contributed by atoms with Crippen LogP contribution in [0.4, 0.5) is 13.2 Å². The molecule has 0 bridgehead atoms. The molecule has 1 amide bonds. The van der Waals surface area contributed by atoms with Crippen molar-refractivity contribution in [1.82, 2.24) is 4.98 Å². The van der Waals surface area contributed by atoms with Gasteiger partial charge in [-0.25, -0.2) is 4.98 Å². The Labute approximate surface area is 82.5 Å². The molecule has 0 spiro atoms. The molecular formula is C7H5F3N2OS. The molecule has 2 N–H and O–H groups in total. The molecule has 14 heavy (non-hydrogen) atoms. The van der Waals surface area contributed by atoms with E-state index in [1.807, 2.05) is 0 Å². The van der Waals surface area contributed by atoms with Crippen molar-refractivity contribution >= 4 is 18.5 Å². The Morgan fingerprint density at radius 2 is 2.07 bits per heavy atom. The summed E-state index contributed by atoms with van der Waals surface area (Å²) in [5.74, 6) is -0.913. The van der Waals surface area contributed by atoms with Gasteiger partial charge in [-0.2, -0.15) is 13.2 Å². The summed E-state index contributed by atoms with van der Waals surface area (Å²) in [6.07, 6.45) is -3.96. The van der Waals surface area contributed by atoms with Gasteiger partial charge in [-0.05, 0) is 6.07 Å². The fourth-order valence-corrected chi connectivity index (χ4v) is 1.11. The minimum absolute atomic E-state index is 0.188. The Balaban J connectivity index is 3.20. The second kappa shape index (κ2) is 3.49. The molecule has 7 heteroatoms. The van der Waals surface area contributed by atoms with Crippen molar-refractivity contribution in [2.45, 2.75) is 11.1 Å². The lowest BCUT2D eigenvalue weighted by atomic mass is 10.2. The van der Waals surface area contributed by atoms with Crippen LogP contribution in [0.25, 0.3) is 0 Å². The fraction of sp³-hybridized carbons (Fsp3) is 0.143. The summed E-state index contributed by atoms with van der Waals surface area (Å²) >= 11 is 3.68. The van der Waals surface area contributed by atoms with E-state index in [2.05, 4.69) is 17.6 Å². The zero-order valence-electron chi connectivity index (χ0n) is 6.67. The van der Waals surface area contributed by atoms with Crippen molar-refractivity contribution in [3.8, 4) is 0 Å². The van der Waals surface area contributed by atoms with Gasteiger partial charge >= 0.3 is 6.18 Å². The average Bonchev–Trinajstić information content (AvgIpc) is 2.01. The highest BCUT2D eigenvalue weighted by molar-refractivity contribution is 7.80. The number of carbonyl (C=O) groups is 1. The highest BCUT2D eigenvalue weighted by Crippen LogP contribution is 2.30. The van der Waals surface area contributed by atoms with E-state index in [4.69, 9.17) is 5.73 Å². The first kappa shape index (κ1) is 10.8. The molecule has 1 heterocycles.